The van der Waals surface area contributed by atoms with Gasteiger partial charge in [0.15, 0.2) is 0 Å². The van der Waals surface area contributed by atoms with E-state index in [2.05, 4.69) is 17.8 Å². The number of rotatable bonds is 0. The molecule has 0 aromatic carbocycles. The van der Waals surface area contributed by atoms with Gasteiger partial charge in [0, 0.05) is 13.1 Å². The van der Waals surface area contributed by atoms with E-state index in [1.807, 2.05) is 27.7 Å². The fourth-order valence-electron chi connectivity index (χ4n) is 0.958. The smallest absolute Gasteiger partial charge is 0.0102 e. The molecule has 2 N–H and O–H groups in total. The Morgan fingerprint density at radius 3 is 1.50 bits per heavy atom. The highest BCUT2D eigenvalue weighted by Crippen LogP contribution is 2.05. The summed E-state index contributed by atoms with van der Waals surface area (Å²) < 4.78 is 0. The number of hydrogen-bond acceptors (Lipinski definition) is 2. The third kappa shape index (κ3) is 9.92. The lowest BCUT2D eigenvalue weighted by atomic mass is 10.1. The lowest BCUT2D eigenvalue weighted by Gasteiger charge is -2.01. The predicted octanol–water partition coefficient (Wildman–Crippen LogP) is 2.56. The molecule has 0 aromatic heterocycles. The fraction of sp³-hybridized carbons (Fsp3) is 1.00. The molecular formula is C10H26N2. The molecule has 0 spiro atoms. The summed E-state index contributed by atoms with van der Waals surface area (Å²) in [7, 11) is 0. The summed E-state index contributed by atoms with van der Waals surface area (Å²) in [6.07, 6.45) is 2.62. The van der Waals surface area contributed by atoms with Crippen molar-refractivity contribution < 1.29 is 0 Å². The molecule has 1 aliphatic heterocycles. The lowest BCUT2D eigenvalue weighted by Crippen LogP contribution is -2.30. The molecule has 0 bridgehead atoms. The van der Waals surface area contributed by atoms with Crippen LogP contribution >= 0.6 is 0 Å². The molecule has 76 valence electrons. The van der Waals surface area contributed by atoms with Crippen LogP contribution in [0, 0.1) is 5.92 Å². The Morgan fingerprint density at radius 1 is 0.833 bits per heavy atom. The fourth-order valence-corrected chi connectivity index (χ4v) is 0.958. The van der Waals surface area contributed by atoms with Gasteiger partial charge >= 0.3 is 0 Å². The van der Waals surface area contributed by atoms with Gasteiger partial charge in [-0.2, -0.15) is 0 Å². The number of nitrogens with one attached hydrogen (secondary N) is 2. The maximum atomic E-state index is 3.13. The van der Waals surface area contributed by atoms with Gasteiger partial charge in [0.1, 0.15) is 0 Å². The van der Waals surface area contributed by atoms with Crippen molar-refractivity contribution in [3.63, 3.8) is 0 Å². The van der Waals surface area contributed by atoms with E-state index < -0.39 is 0 Å². The normalized spacial score (nSPS) is 17.8. The zero-order valence-electron chi connectivity index (χ0n) is 9.41. The van der Waals surface area contributed by atoms with Gasteiger partial charge in [-0.25, -0.2) is 0 Å². The highest BCUT2D eigenvalue weighted by molar-refractivity contribution is 4.59. The topological polar surface area (TPSA) is 24.1 Å². The lowest BCUT2D eigenvalue weighted by molar-refractivity contribution is 0.530. The van der Waals surface area contributed by atoms with Crippen molar-refractivity contribution in [3.8, 4) is 0 Å². The summed E-state index contributed by atoms with van der Waals surface area (Å²) in [5.41, 5.74) is 6.26. The van der Waals surface area contributed by atoms with Crippen LogP contribution in [0.2, 0.25) is 0 Å². The molecule has 0 amide bonds. The molecule has 0 aromatic rings. The van der Waals surface area contributed by atoms with Crippen LogP contribution in [-0.4, -0.2) is 13.1 Å². The minimum Gasteiger partial charge on any atom is -0.258 e. The second-order valence-electron chi connectivity index (χ2n) is 2.54. The van der Waals surface area contributed by atoms with Crippen molar-refractivity contribution in [1.29, 1.82) is 0 Å². The highest BCUT2D eigenvalue weighted by Gasteiger charge is 2.03. The second kappa shape index (κ2) is 13.5. The van der Waals surface area contributed by atoms with E-state index in [0.717, 1.165) is 19.0 Å². The van der Waals surface area contributed by atoms with Gasteiger partial charge in [0.2, 0.25) is 0 Å². The SMILES string of the molecule is CC.CC.CC1CCNNCC1. The average molecular weight is 174 g/mol. The molecule has 1 aliphatic rings. The van der Waals surface area contributed by atoms with Crippen molar-refractivity contribution in [2.24, 2.45) is 5.92 Å². The van der Waals surface area contributed by atoms with E-state index in [1.165, 1.54) is 12.8 Å². The van der Waals surface area contributed by atoms with Crippen molar-refractivity contribution in [1.82, 2.24) is 10.9 Å². The number of hydrazine groups is 1. The Morgan fingerprint density at radius 2 is 1.17 bits per heavy atom. The van der Waals surface area contributed by atoms with Crippen LogP contribution in [0.25, 0.3) is 0 Å². The van der Waals surface area contributed by atoms with Gasteiger partial charge in [-0.15, -0.1) is 0 Å². The first-order chi connectivity index (χ1) is 5.89. The maximum Gasteiger partial charge on any atom is 0.0102 e. The molecule has 2 nitrogen and oxygen atoms in total. The van der Waals surface area contributed by atoms with Crippen molar-refractivity contribution in [3.05, 3.63) is 0 Å². The van der Waals surface area contributed by atoms with Crippen LogP contribution in [0.4, 0.5) is 0 Å². The molecule has 1 saturated heterocycles. The standard InChI is InChI=1S/C6H14N2.2C2H6/c1-6-2-4-7-8-5-3-6;2*1-2/h6-8H,2-5H2,1H3;2*1-2H3. The Hall–Kier alpha value is -0.0800. The molecule has 0 unspecified atom stereocenters. The summed E-state index contributed by atoms with van der Waals surface area (Å²) in [4.78, 5) is 0. The molecule has 2 heteroatoms. The summed E-state index contributed by atoms with van der Waals surface area (Å²) in [5.74, 6) is 0.900. The molecular weight excluding hydrogens is 148 g/mol. The van der Waals surface area contributed by atoms with E-state index in [1.54, 1.807) is 0 Å². The molecule has 1 fully saturated rings. The summed E-state index contributed by atoms with van der Waals surface area (Å²) in [6, 6.07) is 0. The second-order valence-corrected chi connectivity index (χ2v) is 2.54. The van der Waals surface area contributed by atoms with Crippen LogP contribution in [0.1, 0.15) is 47.5 Å². The highest BCUT2D eigenvalue weighted by atomic mass is 15.3. The zero-order valence-corrected chi connectivity index (χ0v) is 9.41. The van der Waals surface area contributed by atoms with Crippen molar-refractivity contribution in [2.45, 2.75) is 47.5 Å². The van der Waals surface area contributed by atoms with Crippen LogP contribution in [0.5, 0.6) is 0 Å². The van der Waals surface area contributed by atoms with Gasteiger partial charge in [-0.1, -0.05) is 34.6 Å². The average Bonchev–Trinajstić information content (AvgIpc) is 2.40. The molecule has 0 aliphatic carbocycles. The zero-order chi connectivity index (χ0) is 9.82. The van der Waals surface area contributed by atoms with E-state index in [4.69, 9.17) is 0 Å². The third-order valence-electron chi connectivity index (χ3n) is 1.65. The summed E-state index contributed by atoms with van der Waals surface area (Å²) in [6.45, 7) is 12.6. The van der Waals surface area contributed by atoms with Gasteiger partial charge in [-0.05, 0) is 18.8 Å². The monoisotopic (exact) mass is 174 g/mol. The molecule has 12 heavy (non-hydrogen) atoms. The molecule has 0 atom stereocenters. The Labute approximate surface area is 78.1 Å². The molecule has 1 rings (SSSR count). The quantitative estimate of drug-likeness (QED) is 0.590. The predicted molar refractivity (Wildman–Crippen MR) is 57.1 cm³/mol. The molecule has 0 saturated carbocycles. The van der Waals surface area contributed by atoms with Gasteiger partial charge < -0.3 is 0 Å². The first-order valence-electron chi connectivity index (χ1n) is 5.35. The van der Waals surface area contributed by atoms with E-state index in [0.29, 0.717) is 0 Å². The maximum absolute atomic E-state index is 3.13. The Balaban J connectivity index is 0. The first kappa shape index (κ1) is 14.4. The minimum absolute atomic E-state index is 0.900. The van der Waals surface area contributed by atoms with Gasteiger partial charge in [0.25, 0.3) is 0 Å². The van der Waals surface area contributed by atoms with Crippen LogP contribution in [-0.2, 0) is 0 Å². The summed E-state index contributed by atoms with van der Waals surface area (Å²) >= 11 is 0. The Bertz CT molecular complexity index is 56.9. The number of hydrogen-bond donors (Lipinski definition) is 2. The Kier molecular flexibility index (Phi) is 16.3. The molecule has 0 radical (unpaired) electrons. The summed E-state index contributed by atoms with van der Waals surface area (Å²) in [5, 5.41) is 0. The van der Waals surface area contributed by atoms with E-state index >= 15 is 0 Å². The van der Waals surface area contributed by atoms with Crippen LogP contribution in [0.15, 0.2) is 0 Å². The largest absolute Gasteiger partial charge is 0.258 e. The van der Waals surface area contributed by atoms with Crippen LogP contribution < -0.4 is 10.9 Å². The van der Waals surface area contributed by atoms with Gasteiger partial charge in [-0.3, -0.25) is 10.9 Å². The minimum atomic E-state index is 0.900. The first-order valence-corrected chi connectivity index (χ1v) is 5.35. The van der Waals surface area contributed by atoms with Crippen LogP contribution in [0.3, 0.4) is 0 Å². The van der Waals surface area contributed by atoms with Crippen molar-refractivity contribution in [2.75, 3.05) is 13.1 Å². The van der Waals surface area contributed by atoms with Gasteiger partial charge in [0.05, 0.1) is 0 Å². The molecule has 1 heterocycles. The third-order valence-corrected chi connectivity index (χ3v) is 1.65. The van der Waals surface area contributed by atoms with E-state index in [9.17, 15) is 0 Å². The van der Waals surface area contributed by atoms with E-state index in [-0.39, 0.29) is 0 Å². The van der Waals surface area contributed by atoms with Crippen molar-refractivity contribution >= 4 is 0 Å².